The van der Waals surface area contributed by atoms with Crippen molar-refractivity contribution in [3.63, 3.8) is 0 Å². The van der Waals surface area contributed by atoms with Gasteiger partial charge in [-0.15, -0.1) is 0 Å². The quantitative estimate of drug-likeness (QED) is 0.767. The molecule has 108 valence electrons. The fraction of sp³-hybridized carbons (Fsp3) is 0.857. The van der Waals surface area contributed by atoms with Gasteiger partial charge in [0.25, 0.3) is 0 Å². The van der Waals surface area contributed by atoms with E-state index in [2.05, 4.69) is 5.32 Å². The summed E-state index contributed by atoms with van der Waals surface area (Å²) in [6.07, 6.45) is 5.97. The number of ether oxygens (including phenoxy) is 1. The van der Waals surface area contributed by atoms with Crippen LogP contribution in [0.3, 0.4) is 0 Å². The molecule has 5 nitrogen and oxygen atoms in total. The van der Waals surface area contributed by atoms with E-state index in [9.17, 15) is 9.59 Å². The summed E-state index contributed by atoms with van der Waals surface area (Å²) in [4.78, 5) is 23.0. The summed E-state index contributed by atoms with van der Waals surface area (Å²) in [6.45, 7) is 0.482. The van der Waals surface area contributed by atoms with E-state index in [1.165, 1.54) is 0 Å². The zero-order valence-electron chi connectivity index (χ0n) is 11.5. The Kier molecular flexibility index (Phi) is 4.45. The number of methoxy groups -OCH3 is 1. The van der Waals surface area contributed by atoms with Gasteiger partial charge >= 0.3 is 5.97 Å². The van der Waals surface area contributed by atoms with Crippen LogP contribution in [0.2, 0.25) is 0 Å². The molecule has 0 bridgehead atoms. The third kappa shape index (κ3) is 3.26. The molecule has 0 aromatic rings. The molecular weight excluding hydrogens is 246 g/mol. The van der Waals surface area contributed by atoms with Crippen molar-refractivity contribution in [1.29, 1.82) is 0 Å². The van der Waals surface area contributed by atoms with E-state index in [0.29, 0.717) is 13.0 Å². The van der Waals surface area contributed by atoms with Crippen molar-refractivity contribution in [2.45, 2.75) is 50.5 Å². The zero-order valence-corrected chi connectivity index (χ0v) is 11.5. The molecule has 2 rings (SSSR count). The Labute approximate surface area is 113 Å². The minimum absolute atomic E-state index is 0.0161. The smallest absolute Gasteiger partial charge is 0.306 e. The summed E-state index contributed by atoms with van der Waals surface area (Å²) < 4.78 is 5.42. The number of carboxylic acid groups (broad SMARTS) is 1. The van der Waals surface area contributed by atoms with Gasteiger partial charge in [0.1, 0.15) is 0 Å². The van der Waals surface area contributed by atoms with Crippen LogP contribution >= 0.6 is 0 Å². The van der Waals surface area contributed by atoms with Crippen LogP contribution in [0.25, 0.3) is 0 Å². The normalized spacial score (nSPS) is 28.7. The minimum atomic E-state index is -0.732. The Balaban J connectivity index is 1.75. The molecule has 2 aliphatic carbocycles. The molecular formula is C14H23NO4. The molecule has 2 saturated carbocycles. The molecule has 2 fully saturated rings. The highest BCUT2D eigenvalue weighted by Gasteiger charge is 2.39. The zero-order chi connectivity index (χ0) is 13.9. The van der Waals surface area contributed by atoms with E-state index in [0.717, 1.165) is 38.5 Å². The number of nitrogens with one attached hydrogen (secondary N) is 1. The van der Waals surface area contributed by atoms with Crippen LogP contribution in [0.1, 0.15) is 44.9 Å². The van der Waals surface area contributed by atoms with E-state index in [1.807, 2.05) is 0 Å². The number of carbonyl (C=O) groups excluding carboxylic acids is 1. The summed E-state index contributed by atoms with van der Waals surface area (Å²) in [5, 5.41) is 12.0. The monoisotopic (exact) mass is 269 g/mol. The first-order valence-corrected chi connectivity index (χ1v) is 7.11. The minimum Gasteiger partial charge on any atom is -0.481 e. The maximum absolute atomic E-state index is 11.9. The van der Waals surface area contributed by atoms with Crippen LogP contribution < -0.4 is 5.32 Å². The highest BCUT2D eigenvalue weighted by Crippen LogP contribution is 2.38. The topological polar surface area (TPSA) is 75.6 Å². The average Bonchev–Trinajstić information content (AvgIpc) is 2.79. The third-order valence-electron chi connectivity index (χ3n) is 4.72. The molecule has 0 saturated heterocycles. The molecule has 0 heterocycles. The maximum Gasteiger partial charge on any atom is 0.306 e. The van der Waals surface area contributed by atoms with Crippen molar-refractivity contribution < 1.29 is 19.4 Å². The van der Waals surface area contributed by atoms with Gasteiger partial charge < -0.3 is 15.2 Å². The second-order valence-electron chi connectivity index (χ2n) is 5.86. The van der Waals surface area contributed by atoms with Crippen molar-refractivity contribution in [1.82, 2.24) is 5.32 Å². The van der Waals surface area contributed by atoms with Crippen LogP contribution in [-0.2, 0) is 14.3 Å². The maximum atomic E-state index is 11.9. The van der Waals surface area contributed by atoms with Gasteiger partial charge in [-0.1, -0.05) is 6.42 Å². The molecule has 5 heteroatoms. The van der Waals surface area contributed by atoms with Crippen LogP contribution in [-0.4, -0.2) is 36.2 Å². The van der Waals surface area contributed by atoms with Gasteiger partial charge in [0, 0.05) is 13.7 Å². The van der Waals surface area contributed by atoms with E-state index >= 15 is 0 Å². The van der Waals surface area contributed by atoms with Crippen molar-refractivity contribution in [3.05, 3.63) is 0 Å². The second kappa shape index (κ2) is 5.90. The second-order valence-corrected chi connectivity index (χ2v) is 5.86. The lowest BCUT2D eigenvalue weighted by Crippen LogP contribution is -2.44. The first-order valence-electron chi connectivity index (χ1n) is 7.11. The van der Waals surface area contributed by atoms with Crippen LogP contribution in [0.4, 0.5) is 0 Å². The largest absolute Gasteiger partial charge is 0.481 e. The predicted molar refractivity (Wildman–Crippen MR) is 69.7 cm³/mol. The number of aliphatic carboxylic acids is 1. The lowest BCUT2D eigenvalue weighted by atomic mass is 9.77. The van der Waals surface area contributed by atoms with Gasteiger partial charge in [-0.25, -0.2) is 0 Å². The molecule has 2 unspecified atom stereocenters. The number of carboxylic acids is 1. The molecule has 19 heavy (non-hydrogen) atoms. The van der Waals surface area contributed by atoms with Crippen LogP contribution in [0, 0.1) is 11.8 Å². The Morgan fingerprint density at radius 1 is 1.32 bits per heavy atom. The Morgan fingerprint density at radius 2 is 2.05 bits per heavy atom. The van der Waals surface area contributed by atoms with Gasteiger partial charge in [0.2, 0.25) is 5.91 Å². The molecule has 2 N–H and O–H groups in total. The van der Waals surface area contributed by atoms with Crippen molar-refractivity contribution in [2.24, 2.45) is 11.8 Å². The van der Waals surface area contributed by atoms with Crippen molar-refractivity contribution >= 4 is 11.9 Å². The summed E-state index contributed by atoms with van der Waals surface area (Å²) >= 11 is 0. The Morgan fingerprint density at radius 3 is 2.58 bits per heavy atom. The van der Waals surface area contributed by atoms with Gasteiger partial charge in [0.05, 0.1) is 17.9 Å². The number of amides is 1. The van der Waals surface area contributed by atoms with E-state index in [4.69, 9.17) is 9.84 Å². The SMILES string of the molecule is COC1(CC(=O)NCC2CCCC2C(=O)O)CCC1. The molecule has 0 aromatic heterocycles. The van der Waals surface area contributed by atoms with E-state index < -0.39 is 5.97 Å². The molecule has 1 amide bonds. The van der Waals surface area contributed by atoms with Crippen LogP contribution in [0.5, 0.6) is 0 Å². The first kappa shape index (κ1) is 14.3. The average molecular weight is 269 g/mol. The van der Waals surface area contributed by atoms with Gasteiger partial charge in [-0.2, -0.15) is 0 Å². The molecule has 0 radical (unpaired) electrons. The van der Waals surface area contributed by atoms with E-state index in [-0.39, 0.29) is 23.3 Å². The highest BCUT2D eigenvalue weighted by molar-refractivity contribution is 5.77. The summed E-state index contributed by atoms with van der Waals surface area (Å²) in [6, 6.07) is 0. The number of carbonyl (C=O) groups is 2. The Hall–Kier alpha value is -1.10. The van der Waals surface area contributed by atoms with Crippen LogP contribution in [0.15, 0.2) is 0 Å². The lowest BCUT2D eigenvalue weighted by molar-refractivity contribution is -0.143. The lowest BCUT2D eigenvalue weighted by Gasteiger charge is -2.40. The standard InChI is InChI=1S/C14H23NO4/c1-19-14(6-3-7-14)8-12(16)15-9-10-4-2-5-11(10)13(17)18/h10-11H,2-9H2,1H3,(H,15,16)(H,17,18). The first-order chi connectivity index (χ1) is 9.06. The van der Waals surface area contributed by atoms with Gasteiger partial charge in [0.15, 0.2) is 0 Å². The van der Waals surface area contributed by atoms with E-state index in [1.54, 1.807) is 7.11 Å². The molecule has 0 aromatic carbocycles. The summed E-state index contributed by atoms with van der Waals surface area (Å²) in [5.74, 6) is -0.955. The predicted octanol–water partition coefficient (Wildman–Crippen LogP) is 1.56. The third-order valence-corrected chi connectivity index (χ3v) is 4.72. The van der Waals surface area contributed by atoms with Crippen molar-refractivity contribution in [2.75, 3.05) is 13.7 Å². The molecule has 0 aliphatic heterocycles. The number of rotatable bonds is 6. The molecule has 2 aliphatic rings. The van der Waals surface area contributed by atoms with Gasteiger partial charge in [-0.3, -0.25) is 9.59 Å². The summed E-state index contributed by atoms with van der Waals surface area (Å²) in [5.41, 5.74) is -0.258. The Bertz CT molecular complexity index is 346. The fourth-order valence-corrected chi connectivity index (χ4v) is 3.23. The van der Waals surface area contributed by atoms with Crippen molar-refractivity contribution in [3.8, 4) is 0 Å². The number of hydrogen-bond acceptors (Lipinski definition) is 3. The summed E-state index contributed by atoms with van der Waals surface area (Å²) in [7, 11) is 1.66. The molecule has 2 atom stereocenters. The highest BCUT2D eigenvalue weighted by atomic mass is 16.5. The molecule has 0 spiro atoms. The van der Waals surface area contributed by atoms with Gasteiger partial charge in [-0.05, 0) is 38.0 Å². The number of hydrogen-bond donors (Lipinski definition) is 2. The fourth-order valence-electron chi connectivity index (χ4n) is 3.23.